The van der Waals surface area contributed by atoms with Crippen LogP contribution in [0.2, 0.25) is 0 Å². The van der Waals surface area contributed by atoms with Gasteiger partial charge in [0.25, 0.3) is 0 Å². The summed E-state index contributed by atoms with van der Waals surface area (Å²) in [7, 11) is -4.18. The first kappa shape index (κ1) is 23.1. The van der Waals surface area contributed by atoms with Crippen molar-refractivity contribution in [3.63, 3.8) is 0 Å². The van der Waals surface area contributed by atoms with E-state index in [1.54, 1.807) is 4.90 Å². The quantitative estimate of drug-likeness (QED) is 0.692. The summed E-state index contributed by atoms with van der Waals surface area (Å²) < 4.78 is 54.1. The molecule has 7 nitrogen and oxygen atoms in total. The third-order valence-corrected chi connectivity index (χ3v) is 8.59. The van der Waals surface area contributed by atoms with Gasteiger partial charge in [0.1, 0.15) is 16.5 Å². The van der Waals surface area contributed by atoms with Crippen molar-refractivity contribution in [3.8, 4) is 0 Å². The van der Waals surface area contributed by atoms with Crippen LogP contribution in [0.4, 0.5) is 8.78 Å². The third-order valence-electron chi connectivity index (χ3n) is 6.68. The summed E-state index contributed by atoms with van der Waals surface area (Å²) in [6.45, 7) is 1.82. The first-order valence-electron chi connectivity index (χ1n) is 11.3. The molecule has 0 aromatic heterocycles. The molecule has 32 heavy (non-hydrogen) atoms. The Labute approximate surface area is 187 Å². The summed E-state index contributed by atoms with van der Waals surface area (Å²) in [5, 5.41) is 2.99. The number of nitrogens with zero attached hydrogens (tertiary/aromatic N) is 2. The van der Waals surface area contributed by atoms with E-state index in [2.05, 4.69) is 5.32 Å². The summed E-state index contributed by atoms with van der Waals surface area (Å²) in [6.07, 6.45) is 4.47. The molecule has 0 radical (unpaired) electrons. The minimum atomic E-state index is -4.18. The Kier molecular flexibility index (Phi) is 6.80. The molecule has 1 atom stereocenters. The van der Waals surface area contributed by atoms with E-state index in [9.17, 15) is 26.8 Å². The van der Waals surface area contributed by atoms with Gasteiger partial charge in [0.05, 0.1) is 5.92 Å². The van der Waals surface area contributed by atoms with Crippen LogP contribution in [0.5, 0.6) is 0 Å². The highest BCUT2D eigenvalue weighted by atomic mass is 32.2. The minimum absolute atomic E-state index is 0.00688. The normalized spacial score (nSPS) is 23.2. The van der Waals surface area contributed by atoms with Crippen LogP contribution >= 0.6 is 0 Å². The highest BCUT2D eigenvalue weighted by molar-refractivity contribution is 7.89. The minimum Gasteiger partial charge on any atom is -0.356 e. The Bertz CT molecular complexity index is 975. The molecule has 2 aliphatic heterocycles. The molecule has 1 aliphatic carbocycles. The van der Waals surface area contributed by atoms with E-state index >= 15 is 0 Å². The van der Waals surface area contributed by atoms with E-state index in [0.29, 0.717) is 44.5 Å². The number of nitrogens with one attached hydrogen (secondary N) is 1. The van der Waals surface area contributed by atoms with Crippen molar-refractivity contribution in [1.82, 2.24) is 14.5 Å². The van der Waals surface area contributed by atoms with Crippen LogP contribution in [0, 0.1) is 29.4 Å². The van der Waals surface area contributed by atoms with Crippen molar-refractivity contribution in [2.45, 2.75) is 43.4 Å². The fourth-order valence-electron chi connectivity index (χ4n) is 4.52. The smallest absolute Gasteiger partial charge is 0.246 e. The molecule has 0 unspecified atom stereocenters. The molecule has 176 valence electrons. The summed E-state index contributed by atoms with van der Waals surface area (Å²) >= 11 is 0. The van der Waals surface area contributed by atoms with Gasteiger partial charge in [-0.25, -0.2) is 17.2 Å². The number of benzene rings is 1. The summed E-state index contributed by atoms with van der Waals surface area (Å²) in [6, 6.07) is 2.35. The van der Waals surface area contributed by atoms with E-state index in [-0.39, 0.29) is 36.7 Å². The number of carbonyl (C=O) groups excluding carboxylic acids is 2. The van der Waals surface area contributed by atoms with Crippen molar-refractivity contribution in [1.29, 1.82) is 0 Å². The average molecular weight is 470 g/mol. The highest BCUT2D eigenvalue weighted by Crippen LogP contribution is 2.29. The number of hydrogen-bond acceptors (Lipinski definition) is 4. The number of rotatable bonds is 6. The summed E-state index contributed by atoms with van der Waals surface area (Å²) in [5.41, 5.74) is 0. The Morgan fingerprint density at radius 1 is 1.00 bits per heavy atom. The Morgan fingerprint density at radius 2 is 1.72 bits per heavy atom. The van der Waals surface area contributed by atoms with Gasteiger partial charge in [-0.15, -0.1) is 0 Å². The Morgan fingerprint density at radius 3 is 2.41 bits per heavy atom. The molecule has 0 spiro atoms. The molecular formula is C22H29F2N3O4S. The van der Waals surface area contributed by atoms with Crippen LogP contribution in [0.25, 0.3) is 0 Å². The number of halogens is 2. The SMILES string of the molecule is O=C(NCC1CC1)[C@@H]1CCCN(C(=O)C2CCN(S(=O)(=O)c3cc(F)ccc3F)CC2)C1. The Balaban J connectivity index is 1.32. The molecule has 2 amide bonds. The summed E-state index contributed by atoms with van der Waals surface area (Å²) in [5.74, 6) is -1.82. The van der Waals surface area contributed by atoms with Crippen LogP contribution in [0.1, 0.15) is 38.5 Å². The van der Waals surface area contributed by atoms with Crippen molar-refractivity contribution >= 4 is 21.8 Å². The van der Waals surface area contributed by atoms with Gasteiger partial charge in [0, 0.05) is 38.6 Å². The van der Waals surface area contributed by atoms with Gasteiger partial charge in [-0.3, -0.25) is 9.59 Å². The highest BCUT2D eigenvalue weighted by Gasteiger charge is 2.37. The topological polar surface area (TPSA) is 86.8 Å². The second-order valence-corrected chi connectivity index (χ2v) is 11.0. The molecule has 3 aliphatic rings. The monoisotopic (exact) mass is 469 g/mol. The number of amides is 2. The number of hydrogen-bond donors (Lipinski definition) is 1. The van der Waals surface area contributed by atoms with Gasteiger partial charge in [-0.05, 0) is 62.6 Å². The van der Waals surface area contributed by atoms with E-state index < -0.39 is 26.6 Å². The van der Waals surface area contributed by atoms with Crippen molar-refractivity contribution in [2.24, 2.45) is 17.8 Å². The second-order valence-electron chi connectivity index (χ2n) is 9.07. The van der Waals surface area contributed by atoms with Crippen LogP contribution in [0.15, 0.2) is 23.1 Å². The number of likely N-dealkylation sites (tertiary alicyclic amines) is 1. The van der Waals surface area contributed by atoms with Gasteiger partial charge in [0.15, 0.2) is 0 Å². The molecule has 1 N–H and O–H groups in total. The lowest BCUT2D eigenvalue weighted by Gasteiger charge is -2.37. The number of sulfonamides is 1. The van der Waals surface area contributed by atoms with Crippen LogP contribution in [0.3, 0.4) is 0 Å². The van der Waals surface area contributed by atoms with Crippen LogP contribution in [-0.4, -0.2) is 62.2 Å². The van der Waals surface area contributed by atoms with Gasteiger partial charge in [-0.1, -0.05) is 0 Å². The zero-order valence-electron chi connectivity index (χ0n) is 17.9. The van der Waals surface area contributed by atoms with Gasteiger partial charge < -0.3 is 10.2 Å². The lowest BCUT2D eigenvalue weighted by Crippen LogP contribution is -2.49. The first-order valence-corrected chi connectivity index (χ1v) is 12.7. The standard InChI is InChI=1S/C22H29F2N3O4S/c23-18-5-6-19(24)20(12-18)32(30,31)27-10-7-16(8-11-27)22(29)26-9-1-2-17(14-26)21(28)25-13-15-3-4-15/h5-6,12,15-17H,1-4,7-11,13-14H2,(H,25,28)/t17-/m1/s1. The van der Waals surface area contributed by atoms with E-state index in [1.165, 1.54) is 0 Å². The van der Waals surface area contributed by atoms with Gasteiger partial charge in [0.2, 0.25) is 21.8 Å². The fourth-order valence-corrected chi connectivity index (χ4v) is 6.06. The largest absolute Gasteiger partial charge is 0.356 e. The van der Waals surface area contributed by atoms with Crippen molar-refractivity contribution in [3.05, 3.63) is 29.8 Å². The lowest BCUT2D eigenvalue weighted by molar-refractivity contribution is -0.140. The number of piperidine rings is 2. The first-order chi connectivity index (χ1) is 15.3. The lowest BCUT2D eigenvalue weighted by atomic mass is 9.92. The second kappa shape index (κ2) is 9.43. The molecule has 1 aromatic rings. The molecule has 4 rings (SSSR count). The average Bonchev–Trinajstić information content (AvgIpc) is 3.63. The molecule has 1 aromatic carbocycles. The maximum absolute atomic E-state index is 14.0. The fraction of sp³-hybridized carbons (Fsp3) is 0.636. The van der Waals surface area contributed by atoms with Crippen LogP contribution in [-0.2, 0) is 19.6 Å². The molecular weight excluding hydrogens is 440 g/mol. The zero-order chi connectivity index (χ0) is 22.9. The molecule has 0 bridgehead atoms. The van der Waals surface area contributed by atoms with Crippen LogP contribution < -0.4 is 5.32 Å². The Hall–Kier alpha value is -2.07. The molecule has 1 saturated carbocycles. The van der Waals surface area contributed by atoms with Gasteiger partial charge >= 0.3 is 0 Å². The predicted octanol–water partition coefficient (Wildman–Crippen LogP) is 2.13. The maximum Gasteiger partial charge on any atom is 0.246 e. The molecule has 2 heterocycles. The summed E-state index contributed by atoms with van der Waals surface area (Å²) in [4.78, 5) is 26.5. The van der Waals surface area contributed by atoms with E-state index in [1.807, 2.05) is 0 Å². The van der Waals surface area contributed by atoms with Crippen molar-refractivity contribution < 1.29 is 26.8 Å². The van der Waals surface area contributed by atoms with Gasteiger partial charge in [-0.2, -0.15) is 4.31 Å². The predicted molar refractivity (Wildman–Crippen MR) is 113 cm³/mol. The maximum atomic E-state index is 14.0. The molecule has 10 heteroatoms. The van der Waals surface area contributed by atoms with E-state index in [4.69, 9.17) is 0 Å². The third kappa shape index (κ3) is 5.11. The number of carbonyl (C=O) groups is 2. The molecule has 3 fully saturated rings. The van der Waals surface area contributed by atoms with Crippen molar-refractivity contribution in [2.75, 3.05) is 32.7 Å². The molecule has 2 saturated heterocycles. The van der Waals surface area contributed by atoms with E-state index in [0.717, 1.165) is 42.1 Å². The zero-order valence-corrected chi connectivity index (χ0v) is 18.8.